The second-order valence-electron chi connectivity index (χ2n) is 5.19. The normalized spacial score (nSPS) is 38.4. The van der Waals surface area contributed by atoms with Gasteiger partial charge in [0, 0.05) is 32.8 Å². The number of nitrogens with zero attached hydrogens (tertiary/aromatic N) is 1. The van der Waals surface area contributed by atoms with Gasteiger partial charge in [0.2, 0.25) is 0 Å². The van der Waals surface area contributed by atoms with Gasteiger partial charge in [0.05, 0.1) is 6.10 Å². The van der Waals surface area contributed by atoms with Crippen molar-refractivity contribution in [1.29, 1.82) is 0 Å². The molecule has 0 aromatic rings. The lowest BCUT2D eigenvalue weighted by molar-refractivity contribution is 0.105. The summed E-state index contributed by atoms with van der Waals surface area (Å²) in [6, 6.07) is 0.712. The van der Waals surface area contributed by atoms with Gasteiger partial charge < -0.3 is 10.1 Å². The predicted molar refractivity (Wildman–Crippen MR) is 62.0 cm³/mol. The van der Waals surface area contributed by atoms with Crippen LogP contribution in [0.3, 0.4) is 0 Å². The highest BCUT2D eigenvalue weighted by molar-refractivity contribution is 4.83. The molecular formula is C12H24N2O. The van der Waals surface area contributed by atoms with E-state index >= 15 is 0 Å². The van der Waals surface area contributed by atoms with Crippen LogP contribution in [-0.2, 0) is 4.74 Å². The van der Waals surface area contributed by atoms with Gasteiger partial charge in [-0.25, -0.2) is 0 Å². The van der Waals surface area contributed by atoms with E-state index in [0.29, 0.717) is 12.1 Å². The Morgan fingerprint density at radius 2 is 2.27 bits per heavy atom. The SMILES string of the molecule is COC1CCN(CC2CC(C)CCN2)C1. The molecule has 0 radical (unpaired) electrons. The fourth-order valence-corrected chi connectivity index (χ4v) is 2.83. The third kappa shape index (κ3) is 3.16. The Labute approximate surface area is 93.2 Å². The number of rotatable bonds is 3. The van der Waals surface area contributed by atoms with E-state index in [0.717, 1.165) is 12.5 Å². The molecule has 0 aromatic carbocycles. The summed E-state index contributed by atoms with van der Waals surface area (Å²) in [6.07, 6.45) is 4.37. The van der Waals surface area contributed by atoms with Crippen molar-refractivity contribution in [2.75, 3.05) is 33.3 Å². The van der Waals surface area contributed by atoms with Gasteiger partial charge in [0.25, 0.3) is 0 Å². The first kappa shape index (κ1) is 11.4. The lowest BCUT2D eigenvalue weighted by Gasteiger charge is -2.31. The van der Waals surface area contributed by atoms with E-state index in [9.17, 15) is 0 Å². The molecule has 1 N–H and O–H groups in total. The molecule has 3 unspecified atom stereocenters. The van der Waals surface area contributed by atoms with Crippen molar-refractivity contribution in [1.82, 2.24) is 10.2 Å². The molecule has 2 fully saturated rings. The average Bonchev–Trinajstić information content (AvgIpc) is 2.65. The second-order valence-corrected chi connectivity index (χ2v) is 5.19. The maximum absolute atomic E-state index is 5.39. The number of ether oxygens (including phenoxy) is 1. The molecule has 0 spiro atoms. The van der Waals surface area contributed by atoms with Crippen LogP contribution in [-0.4, -0.2) is 50.3 Å². The Hall–Kier alpha value is -0.120. The van der Waals surface area contributed by atoms with Gasteiger partial charge in [-0.05, 0) is 31.7 Å². The summed E-state index contributed by atoms with van der Waals surface area (Å²) < 4.78 is 5.39. The first-order valence-electron chi connectivity index (χ1n) is 6.26. The molecule has 0 aliphatic carbocycles. The van der Waals surface area contributed by atoms with E-state index in [-0.39, 0.29) is 0 Å². The smallest absolute Gasteiger partial charge is 0.0710 e. The highest BCUT2D eigenvalue weighted by Crippen LogP contribution is 2.18. The van der Waals surface area contributed by atoms with Crippen LogP contribution >= 0.6 is 0 Å². The zero-order valence-corrected chi connectivity index (χ0v) is 10.0. The van der Waals surface area contributed by atoms with Crippen molar-refractivity contribution in [2.24, 2.45) is 5.92 Å². The van der Waals surface area contributed by atoms with Crippen molar-refractivity contribution < 1.29 is 4.74 Å². The Morgan fingerprint density at radius 3 is 2.93 bits per heavy atom. The molecule has 3 heteroatoms. The van der Waals surface area contributed by atoms with Crippen LogP contribution < -0.4 is 5.32 Å². The van der Waals surface area contributed by atoms with E-state index in [4.69, 9.17) is 4.74 Å². The van der Waals surface area contributed by atoms with Crippen LogP contribution in [0.2, 0.25) is 0 Å². The maximum Gasteiger partial charge on any atom is 0.0710 e. The Bertz CT molecular complexity index is 198. The van der Waals surface area contributed by atoms with E-state index in [2.05, 4.69) is 17.1 Å². The number of nitrogens with one attached hydrogen (secondary N) is 1. The van der Waals surface area contributed by atoms with Crippen molar-refractivity contribution >= 4 is 0 Å². The zero-order valence-electron chi connectivity index (χ0n) is 10.0. The molecule has 15 heavy (non-hydrogen) atoms. The minimum atomic E-state index is 0.478. The van der Waals surface area contributed by atoms with Crippen LogP contribution in [0.5, 0.6) is 0 Å². The van der Waals surface area contributed by atoms with Gasteiger partial charge in [-0.1, -0.05) is 6.92 Å². The second kappa shape index (κ2) is 5.28. The highest BCUT2D eigenvalue weighted by Gasteiger charge is 2.26. The molecular weight excluding hydrogens is 188 g/mol. The van der Waals surface area contributed by atoms with Crippen molar-refractivity contribution in [3.8, 4) is 0 Å². The van der Waals surface area contributed by atoms with Crippen LogP contribution in [0.25, 0.3) is 0 Å². The average molecular weight is 212 g/mol. The Balaban J connectivity index is 1.72. The number of hydrogen-bond donors (Lipinski definition) is 1. The van der Waals surface area contributed by atoms with Crippen LogP contribution in [0, 0.1) is 5.92 Å². The molecule has 2 aliphatic rings. The maximum atomic E-state index is 5.39. The summed E-state index contributed by atoms with van der Waals surface area (Å²) in [5.41, 5.74) is 0. The molecule has 3 nitrogen and oxygen atoms in total. The third-order valence-electron chi connectivity index (χ3n) is 3.80. The summed E-state index contributed by atoms with van der Waals surface area (Å²) in [6.45, 7) is 7.13. The quantitative estimate of drug-likeness (QED) is 0.758. The fraction of sp³-hybridized carbons (Fsp3) is 1.00. The molecule has 0 amide bonds. The standard InChI is InChI=1S/C12H24N2O/c1-10-3-5-13-11(7-10)8-14-6-4-12(9-14)15-2/h10-13H,3-9H2,1-2H3. The summed E-state index contributed by atoms with van der Waals surface area (Å²) in [7, 11) is 1.83. The molecule has 0 aromatic heterocycles. The minimum Gasteiger partial charge on any atom is -0.380 e. The molecule has 0 bridgehead atoms. The molecule has 3 atom stereocenters. The minimum absolute atomic E-state index is 0.478. The van der Waals surface area contributed by atoms with Crippen LogP contribution in [0.4, 0.5) is 0 Å². The largest absolute Gasteiger partial charge is 0.380 e. The van der Waals surface area contributed by atoms with Gasteiger partial charge in [0.1, 0.15) is 0 Å². The molecule has 2 saturated heterocycles. The molecule has 2 rings (SSSR count). The Morgan fingerprint density at radius 1 is 1.40 bits per heavy atom. The monoisotopic (exact) mass is 212 g/mol. The van der Waals surface area contributed by atoms with Crippen molar-refractivity contribution in [3.05, 3.63) is 0 Å². The number of piperidine rings is 1. The molecule has 0 saturated carbocycles. The summed E-state index contributed by atoms with van der Waals surface area (Å²) in [5, 5.41) is 3.63. The number of hydrogen-bond acceptors (Lipinski definition) is 3. The van der Waals surface area contributed by atoms with Gasteiger partial charge in [-0.15, -0.1) is 0 Å². The van der Waals surface area contributed by atoms with Gasteiger partial charge in [0.15, 0.2) is 0 Å². The van der Waals surface area contributed by atoms with E-state index in [1.54, 1.807) is 0 Å². The molecule has 88 valence electrons. The van der Waals surface area contributed by atoms with Crippen LogP contribution in [0.1, 0.15) is 26.2 Å². The predicted octanol–water partition coefficient (Wildman–Crippen LogP) is 1.10. The zero-order chi connectivity index (χ0) is 10.7. The molecule has 2 heterocycles. The van der Waals surface area contributed by atoms with Crippen molar-refractivity contribution in [2.45, 2.75) is 38.3 Å². The number of methoxy groups -OCH3 is 1. The highest BCUT2D eigenvalue weighted by atomic mass is 16.5. The number of likely N-dealkylation sites (tertiary alicyclic amines) is 1. The Kier molecular flexibility index (Phi) is 4.00. The summed E-state index contributed by atoms with van der Waals surface area (Å²) in [4.78, 5) is 2.55. The first-order chi connectivity index (χ1) is 7.28. The fourth-order valence-electron chi connectivity index (χ4n) is 2.83. The third-order valence-corrected chi connectivity index (χ3v) is 3.80. The first-order valence-corrected chi connectivity index (χ1v) is 6.26. The summed E-state index contributed by atoms with van der Waals surface area (Å²) >= 11 is 0. The van der Waals surface area contributed by atoms with Crippen LogP contribution in [0.15, 0.2) is 0 Å². The van der Waals surface area contributed by atoms with Crippen molar-refractivity contribution in [3.63, 3.8) is 0 Å². The lowest BCUT2D eigenvalue weighted by Crippen LogP contribution is -2.45. The van der Waals surface area contributed by atoms with Gasteiger partial charge in [-0.2, -0.15) is 0 Å². The topological polar surface area (TPSA) is 24.5 Å². The summed E-state index contributed by atoms with van der Waals surface area (Å²) in [5.74, 6) is 0.900. The molecule has 2 aliphatic heterocycles. The van der Waals surface area contributed by atoms with Gasteiger partial charge >= 0.3 is 0 Å². The van der Waals surface area contributed by atoms with Gasteiger partial charge in [-0.3, -0.25) is 4.90 Å². The van der Waals surface area contributed by atoms with E-state index in [1.807, 2.05) is 7.11 Å². The van der Waals surface area contributed by atoms with E-state index in [1.165, 1.54) is 38.9 Å². The van der Waals surface area contributed by atoms with E-state index < -0.39 is 0 Å². The lowest BCUT2D eigenvalue weighted by atomic mass is 9.94.